The van der Waals surface area contributed by atoms with E-state index in [0.717, 1.165) is 19.3 Å². The van der Waals surface area contributed by atoms with E-state index >= 15 is 0 Å². The summed E-state index contributed by atoms with van der Waals surface area (Å²) < 4.78 is 18.8. The van der Waals surface area contributed by atoms with Crippen LogP contribution in [0.4, 0.5) is 0 Å². The van der Waals surface area contributed by atoms with Gasteiger partial charge in [0.05, 0.1) is 22.2 Å². The summed E-state index contributed by atoms with van der Waals surface area (Å²) in [5.74, 6) is -0.0381. The Morgan fingerprint density at radius 3 is 2.38 bits per heavy atom. The summed E-state index contributed by atoms with van der Waals surface area (Å²) >= 11 is 0. The van der Waals surface area contributed by atoms with Crippen molar-refractivity contribution < 1.29 is 23.8 Å². The van der Waals surface area contributed by atoms with Crippen molar-refractivity contribution >= 4 is 11.9 Å². The van der Waals surface area contributed by atoms with Crippen molar-refractivity contribution in [2.45, 2.75) is 83.7 Å². The van der Waals surface area contributed by atoms with Gasteiger partial charge in [-0.15, -0.1) is 0 Å². The van der Waals surface area contributed by atoms with Crippen LogP contribution in [-0.2, 0) is 19.0 Å². The highest BCUT2D eigenvalue weighted by Gasteiger charge is 2.73. The van der Waals surface area contributed by atoms with Gasteiger partial charge in [-0.05, 0) is 70.4 Å². The Kier molecular flexibility index (Phi) is 4.80. The topological polar surface area (TPSA) is 61.8 Å². The van der Waals surface area contributed by atoms with E-state index in [1.54, 1.807) is 12.1 Å². The van der Waals surface area contributed by atoms with E-state index in [4.69, 9.17) is 14.2 Å². The third-order valence-electron chi connectivity index (χ3n) is 7.95. The minimum absolute atomic E-state index is 0.293. The van der Waals surface area contributed by atoms with E-state index in [-0.39, 0.29) is 29.7 Å². The van der Waals surface area contributed by atoms with Gasteiger partial charge in [0.1, 0.15) is 12.2 Å². The highest BCUT2D eigenvalue weighted by molar-refractivity contribution is 5.89. The molecule has 0 amide bonds. The quantitative estimate of drug-likeness (QED) is 0.697. The lowest BCUT2D eigenvalue weighted by Gasteiger charge is -2.60. The zero-order valence-corrected chi connectivity index (χ0v) is 18.1. The second kappa shape index (κ2) is 6.83. The first-order valence-electron chi connectivity index (χ1n) is 10.7. The Balaban J connectivity index is 1.75. The standard InChI is InChI=1S/C24H32O5/c1-15-11-12-19(27-16(2)25)23(5)20(28-21(26)17-9-7-6-8-10-17)13-18-14-24(15,23)29-22(18,3)4/h6-10,15,18-20H,11-14H2,1-5H3/t15-,18-,19+,20+,23+,24+/m1/s1. The second-order valence-corrected chi connectivity index (χ2v) is 9.85. The Bertz CT molecular complexity index is 803. The fourth-order valence-corrected chi connectivity index (χ4v) is 6.25. The maximum absolute atomic E-state index is 13.0. The minimum Gasteiger partial charge on any atom is -0.462 e. The minimum atomic E-state index is -0.592. The fourth-order valence-electron chi connectivity index (χ4n) is 6.25. The van der Waals surface area contributed by atoms with E-state index in [0.29, 0.717) is 23.8 Å². The van der Waals surface area contributed by atoms with Crippen LogP contribution in [0.2, 0.25) is 0 Å². The van der Waals surface area contributed by atoms with Gasteiger partial charge in [-0.3, -0.25) is 4.79 Å². The predicted octanol–water partition coefficient (Wildman–Crippen LogP) is 4.54. The molecule has 1 aromatic carbocycles. The smallest absolute Gasteiger partial charge is 0.338 e. The monoisotopic (exact) mass is 400 g/mol. The number of fused-ring (bicyclic) bond motifs is 1. The maximum atomic E-state index is 13.0. The van der Waals surface area contributed by atoms with Gasteiger partial charge in [0.25, 0.3) is 0 Å². The van der Waals surface area contributed by atoms with Crippen LogP contribution in [0.25, 0.3) is 0 Å². The zero-order valence-electron chi connectivity index (χ0n) is 18.1. The van der Waals surface area contributed by atoms with E-state index in [9.17, 15) is 9.59 Å². The van der Waals surface area contributed by atoms with Gasteiger partial charge in [0.2, 0.25) is 0 Å². The van der Waals surface area contributed by atoms with Crippen molar-refractivity contribution in [2.75, 3.05) is 0 Å². The number of carbonyl (C=O) groups excluding carboxylic acids is 2. The molecule has 158 valence electrons. The normalized spacial score (nSPS) is 40.0. The number of benzene rings is 1. The molecule has 3 fully saturated rings. The third kappa shape index (κ3) is 3.00. The molecule has 0 N–H and O–H groups in total. The van der Waals surface area contributed by atoms with Gasteiger partial charge in [0.15, 0.2) is 0 Å². The fraction of sp³-hybridized carbons (Fsp3) is 0.667. The van der Waals surface area contributed by atoms with Crippen LogP contribution in [0.1, 0.15) is 70.7 Å². The van der Waals surface area contributed by atoms with Crippen LogP contribution in [-0.4, -0.2) is 35.3 Å². The van der Waals surface area contributed by atoms with Gasteiger partial charge in [0, 0.05) is 6.92 Å². The Morgan fingerprint density at radius 2 is 1.72 bits per heavy atom. The summed E-state index contributed by atoms with van der Waals surface area (Å²) in [6.45, 7) is 10.1. The SMILES string of the molecule is CC(=O)O[C@H]1CC[C@@H](C)[C@@]23C[C@@H](C[C@H](OC(=O)c4ccccc4)[C@]12C)C(C)(C)O3. The molecule has 6 atom stereocenters. The number of hydrogen-bond donors (Lipinski definition) is 0. The number of esters is 2. The first-order chi connectivity index (χ1) is 13.6. The molecule has 3 aliphatic rings. The lowest BCUT2D eigenvalue weighted by molar-refractivity contribution is -0.258. The van der Waals surface area contributed by atoms with Crippen LogP contribution in [0.15, 0.2) is 30.3 Å². The van der Waals surface area contributed by atoms with Gasteiger partial charge in [-0.2, -0.15) is 0 Å². The second-order valence-electron chi connectivity index (χ2n) is 9.85. The average molecular weight is 401 g/mol. The van der Waals surface area contributed by atoms with Crippen molar-refractivity contribution in [3.63, 3.8) is 0 Å². The molecule has 0 unspecified atom stereocenters. The molecule has 4 rings (SSSR count). The summed E-state index contributed by atoms with van der Waals surface area (Å²) in [5, 5.41) is 0. The molecule has 5 nitrogen and oxygen atoms in total. The van der Waals surface area contributed by atoms with E-state index < -0.39 is 11.0 Å². The molecular formula is C24H32O5. The highest BCUT2D eigenvalue weighted by atomic mass is 16.6. The number of ether oxygens (including phenoxy) is 3. The molecule has 0 radical (unpaired) electrons. The molecule has 1 spiro atoms. The van der Waals surface area contributed by atoms with Gasteiger partial charge in [-0.1, -0.05) is 25.1 Å². The molecule has 1 aliphatic heterocycles. The lowest BCUT2D eigenvalue weighted by atomic mass is 9.50. The number of hydrogen-bond acceptors (Lipinski definition) is 5. The molecule has 1 aromatic rings. The summed E-state index contributed by atoms with van der Waals surface area (Å²) in [5.41, 5.74) is -0.831. The molecule has 2 bridgehead atoms. The Labute approximate surface area is 173 Å². The molecule has 29 heavy (non-hydrogen) atoms. The van der Waals surface area contributed by atoms with Crippen LogP contribution in [0.3, 0.4) is 0 Å². The van der Waals surface area contributed by atoms with E-state index in [1.165, 1.54) is 6.92 Å². The summed E-state index contributed by atoms with van der Waals surface area (Å²) in [6, 6.07) is 9.09. The summed E-state index contributed by atoms with van der Waals surface area (Å²) in [4.78, 5) is 24.9. The number of rotatable bonds is 3. The number of carbonyl (C=O) groups is 2. The summed E-state index contributed by atoms with van der Waals surface area (Å²) in [6.07, 6.45) is 2.61. The van der Waals surface area contributed by atoms with Crippen molar-refractivity contribution in [1.82, 2.24) is 0 Å². The molecule has 1 heterocycles. The van der Waals surface area contributed by atoms with Gasteiger partial charge in [-0.25, -0.2) is 4.79 Å². The van der Waals surface area contributed by atoms with Gasteiger partial charge >= 0.3 is 11.9 Å². The van der Waals surface area contributed by atoms with Gasteiger partial charge < -0.3 is 14.2 Å². The van der Waals surface area contributed by atoms with Crippen molar-refractivity contribution in [2.24, 2.45) is 17.3 Å². The van der Waals surface area contributed by atoms with E-state index in [1.807, 2.05) is 18.2 Å². The molecule has 2 saturated carbocycles. The molecule has 1 saturated heterocycles. The van der Waals surface area contributed by atoms with Crippen LogP contribution in [0, 0.1) is 17.3 Å². The first-order valence-corrected chi connectivity index (χ1v) is 10.7. The summed E-state index contributed by atoms with van der Waals surface area (Å²) in [7, 11) is 0. The molecule has 2 aliphatic carbocycles. The van der Waals surface area contributed by atoms with E-state index in [2.05, 4.69) is 27.7 Å². The third-order valence-corrected chi connectivity index (χ3v) is 7.95. The average Bonchev–Trinajstić information content (AvgIpc) is 2.90. The Hall–Kier alpha value is -1.88. The zero-order chi connectivity index (χ0) is 21.0. The maximum Gasteiger partial charge on any atom is 0.338 e. The van der Waals surface area contributed by atoms with Crippen molar-refractivity contribution in [3.8, 4) is 0 Å². The Morgan fingerprint density at radius 1 is 1.03 bits per heavy atom. The van der Waals surface area contributed by atoms with Crippen molar-refractivity contribution in [3.05, 3.63) is 35.9 Å². The van der Waals surface area contributed by atoms with Crippen LogP contribution >= 0.6 is 0 Å². The van der Waals surface area contributed by atoms with Crippen LogP contribution in [0.5, 0.6) is 0 Å². The molecular weight excluding hydrogens is 368 g/mol. The highest BCUT2D eigenvalue weighted by Crippen LogP contribution is 2.66. The van der Waals surface area contributed by atoms with Crippen LogP contribution < -0.4 is 0 Å². The predicted molar refractivity (Wildman–Crippen MR) is 108 cm³/mol. The first kappa shape index (κ1) is 20.4. The lowest BCUT2D eigenvalue weighted by Crippen LogP contribution is -2.67. The largest absolute Gasteiger partial charge is 0.462 e. The van der Waals surface area contributed by atoms with Crippen molar-refractivity contribution in [1.29, 1.82) is 0 Å². The molecule has 5 heteroatoms. The molecule has 0 aromatic heterocycles.